The average molecular weight is 269 g/mol. The number of carbonyl (C=O) groups excluding carboxylic acids is 2. The van der Waals surface area contributed by atoms with Crippen molar-refractivity contribution in [2.75, 3.05) is 11.1 Å². The van der Waals surface area contributed by atoms with Gasteiger partial charge >= 0.3 is 0 Å². The first kappa shape index (κ1) is 13.6. The molecule has 5 N–H and O–H groups in total. The molecule has 0 heterocycles. The zero-order valence-electron chi connectivity index (χ0n) is 11.0. The van der Waals surface area contributed by atoms with E-state index in [-0.39, 0.29) is 11.5 Å². The standard InChI is InChI=1S/C15H15N3O2/c1-9-8-10(16)6-7-11(9)15(20)18-13-5-3-2-4-12(13)14(17)19/h2-8H,16H2,1H3,(H2,17,19)(H,18,20). The van der Waals surface area contributed by atoms with E-state index in [9.17, 15) is 9.59 Å². The van der Waals surface area contributed by atoms with E-state index in [1.807, 2.05) is 0 Å². The summed E-state index contributed by atoms with van der Waals surface area (Å²) >= 11 is 0. The number of nitrogens with one attached hydrogen (secondary N) is 1. The smallest absolute Gasteiger partial charge is 0.255 e. The highest BCUT2D eigenvalue weighted by Gasteiger charge is 2.13. The van der Waals surface area contributed by atoms with Gasteiger partial charge in [-0.25, -0.2) is 0 Å². The zero-order chi connectivity index (χ0) is 14.7. The topological polar surface area (TPSA) is 98.2 Å². The Morgan fingerprint density at radius 3 is 2.40 bits per heavy atom. The van der Waals surface area contributed by atoms with Crippen molar-refractivity contribution in [2.24, 2.45) is 5.73 Å². The summed E-state index contributed by atoms with van der Waals surface area (Å²) < 4.78 is 0. The number of amides is 2. The number of aryl methyl sites for hydroxylation is 1. The van der Waals surface area contributed by atoms with Crippen LogP contribution in [0.5, 0.6) is 0 Å². The van der Waals surface area contributed by atoms with Crippen LogP contribution in [0.1, 0.15) is 26.3 Å². The van der Waals surface area contributed by atoms with Crippen molar-refractivity contribution in [3.05, 3.63) is 59.2 Å². The molecule has 5 nitrogen and oxygen atoms in total. The van der Waals surface area contributed by atoms with Gasteiger partial charge in [0, 0.05) is 11.3 Å². The van der Waals surface area contributed by atoms with Crippen LogP contribution in [0, 0.1) is 6.92 Å². The molecule has 5 heteroatoms. The van der Waals surface area contributed by atoms with Crippen LogP contribution in [-0.4, -0.2) is 11.8 Å². The number of primary amides is 1. The van der Waals surface area contributed by atoms with Gasteiger partial charge in [-0.1, -0.05) is 12.1 Å². The number of hydrogen-bond donors (Lipinski definition) is 3. The Bertz CT molecular complexity index is 681. The molecule has 0 bridgehead atoms. The molecule has 0 aliphatic heterocycles. The molecule has 0 radical (unpaired) electrons. The number of nitrogen functional groups attached to an aromatic ring is 1. The van der Waals surface area contributed by atoms with Gasteiger partial charge in [-0.15, -0.1) is 0 Å². The highest BCUT2D eigenvalue weighted by Crippen LogP contribution is 2.18. The van der Waals surface area contributed by atoms with Crippen molar-refractivity contribution in [3.8, 4) is 0 Å². The Labute approximate surface area is 116 Å². The molecule has 0 saturated heterocycles. The molecule has 2 rings (SSSR count). The third-order valence-electron chi connectivity index (χ3n) is 2.94. The molecule has 0 atom stereocenters. The lowest BCUT2D eigenvalue weighted by atomic mass is 10.1. The summed E-state index contributed by atoms with van der Waals surface area (Å²) in [6.45, 7) is 1.80. The van der Waals surface area contributed by atoms with Gasteiger partial charge < -0.3 is 16.8 Å². The highest BCUT2D eigenvalue weighted by atomic mass is 16.2. The second-order valence-electron chi connectivity index (χ2n) is 4.44. The summed E-state index contributed by atoms with van der Waals surface area (Å²) in [4.78, 5) is 23.5. The minimum Gasteiger partial charge on any atom is -0.399 e. The van der Waals surface area contributed by atoms with Crippen LogP contribution < -0.4 is 16.8 Å². The van der Waals surface area contributed by atoms with Crippen molar-refractivity contribution in [2.45, 2.75) is 6.92 Å². The van der Waals surface area contributed by atoms with Crippen molar-refractivity contribution in [1.29, 1.82) is 0 Å². The summed E-state index contributed by atoms with van der Waals surface area (Å²) in [6, 6.07) is 11.6. The maximum absolute atomic E-state index is 12.2. The van der Waals surface area contributed by atoms with Crippen LogP contribution in [0.3, 0.4) is 0 Å². The average Bonchev–Trinajstić information content (AvgIpc) is 2.38. The molecule has 0 aliphatic rings. The van der Waals surface area contributed by atoms with Crippen molar-refractivity contribution >= 4 is 23.2 Å². The zero-order valence-corrected chi connectivity index (χ0v) is 11.0. The van der Waals surface area contributed by atoms with E-state index in [0.717, 1.165) is 5.56 Å². The summed E-state index contributed by atoms with van der Waals surface area (Å²) in [7, 11) is 0. The van der Waals surface area contributed by atoms with Crippen LogP contribution >= 0.6 is 0 Å². The Kier molecular flexibility index (Phi) is 3.70. The highest BCUT2D eigenvalue weighted by molar-refractivity contribution is 6.09. The van der Waals surface area contributed by atoms with Gasteiger partial charge in [0.25, 0.3) is 11.8 Å². The van der Waals surface area contributed by atoms with Gasteiger partial charge in [0.15, 0.2) is 0 Å². The van der Waals surface area contributed by atoms with Crippen LogP contribution in [0.15, 0.2) is 42.5 Å². The molecule has 20 heavy (non-hydrogen) atoms. The van der Waals surface area contributed by atoms with Crippen LogP contribution in [-0.2, 0) is 0 Å². The third kappa shape index (κ3) is 2.77. The number of anilines is 2. The normalized spacial score (nSPS) is 10.1. The SMILES string of the molecule is Cc1cc(N)ccc1C(=O)Nc1ccccc1C(N)=O. The molecule has 0 unspecified atom stereocenters. The quantitative estimate of drug-likeness (QED) is 0.742. The van der Waals surface area contributed by atoms with E-state index in [1.165, 1.54) is 0 Å². The molecule has 0 fully saturated rings. The van der Waals surface area contributed by atoms with Crippen molar-refractivity contribution < 1.29 is 9.59 Å². The van der Waals surface area contributed by atoms with Gasteiger partial charge in [0.1, 0.15) is 0 Å². The minimum absolute atomic E-state index is 0.272. The summed E-state index contributed by atoms with van der Waals surface area (Å²) in [6.07, 6.45) is 0. The van der Waals surface area contributed by atoms with Gasteiger partial charge in [0.2, 0.25) is 0 Å². The molecule has 0 saturated carbocycles. The number of hydrogen-bond acceptors (Lipinski definition) is 3. The summed E-state index contributed by atoms with van der Waals surface area (Å²) in [5.74, 6) is -0.897. The van der Waals surface area contributed by atoms with Crippen molar-refractivity contribution in [3.63, 3.8) is 0 Å². The Balaban J connectivity index is 2.30. The van der Waals surface area contributed by atoms with Crippen LogP contribution in [0.4, 0.5) is 11.4 Å². The fraction of sp³-hybridized carbons (Fsp3) is 0.0667. The second kappa shape index (κ2) is 5.44. The lowest BCUT2D eigenvalue weighted by molar-refractivity contribution is 0.100. The molecule has 2 amide bonds. The monoisotopic (exact) mass is 269 g/mol. The van der Waals surface area contributed by atoms with Gasteiger partial charge in [-0.2, -0.15) is 0 Å². The van der Waals surface area contributed by atoms with Gasteiger partial charge in [-0.05, 0) is 42.8 Å². The summed E-state index contributed by atoms with van der Waals surface area (Å²) in [5.41, 5.74) is 13.4. The van der Waals surface area contributed by atoms with Gasteiger partial charge in [0.05, 0.1) is 11.3 Å². The minimum atomic E-state index is -0.588. The van der Waals surface area contributed by atoms with Crippen molar-refractivity contribution in [1.82, 2.24) is 0 Å². The fourth-order valence-corrected chi connectivity index (χ4v) is 1.94. The largest absolute Gasteiger partial charge is 0.399 e. The lowest BCUT2D eigenvalue weighted by Gasteiger charge is -2.10. The number of benzene rings is 2. The van der Waals surface area contributed by atoms with E-state index in [1.54, 1.807) is 49.4 Å². The Morgan fingerprint density at radius 1 is 1.05 bits per heavy atom. The third-order valence-corrected chi connectivity index (χ3v) is 2.94. The Morgan fingerprint density at radius 2 is 1.75 bits per heavy atom. The lowest BCUT2D eigenvalue weighted by Crippen LogP contribution is -2.18. The number of nitrogens with two attached hydrogens (primary N) is 2. The second-order valence-corrected chi connectivity index (χ2v) is 4.44. The first-order valence-corrected chi connectivity index (χ1v) is 6.05. The van der Waals surface area contributed by atoms with E-state index < -0.39 is 5.91 Å². The van der Waals surface area contributed by atoms with E-state index in [4.69, 9.17) is 11.5 Å². The fourth-order valence-electron chi connectivity index (χ4n) is 1.94. The molecule has 0 aromatic heterocycles. The molecule has 0 spiro atoms. The molecule has 0 aliphatic carbocycles. The first-order valence-electron chi connectivity index (χ1n) is 6.05. The first-order chi connectivity index (χ1) is 9.49. The molecular weight excluding hydrogens is 254 g/mol. The number of rotatable bonds is 3. The maximum Gasteiger partial charge on any atom is 0.255 e. The van der Waals surface area contributed by atoms with E-state index >= 15 is 0 Å². The predicted octanol–water partition coefficient (Wildman–Crippen LogP) is 1.93. The van der Waals surface area contributed by atoms with Crippen LogP contribution in [0.2, 0.25) is 0 Å². The van der Waals surface area contributed by atoms with E-state index in [2.05, 4.69) is 5.32 Å². The Hall–Kier alpha value is -2.82. The number of para-hydroxylation sites is 1. The molecule has 102 valence electrons. The molecule has 2 aromatic rings. The maximum atomic E-state index is 12.2. The summed E-state index contributed by atoms with van der Waals surface area (Å²) in [5, 5.41) is 2.69. The predicted molar refractivity (Wildman–Crippen MR) is 78.5 cm³/mol. The molecule has 2 aromatic carbocycles. The van der Waals surface area contributed by atoms with Gasteiger partial charge in [-0.3, -0.25) is 9.59 Å². The van der Waals surface area contributed by atoms with E-state index in [0.29, 0.717) is 16.9 Å². The number of carbonyl (C=O) groups is 2. The van der Waals surface area contributed by atoms with Crippen LogP contribution in [0.25, 0.3) is 0 Å². The molecular formula is C15H15N3O2.